The van der Waals surface area contributed by atoms with Gasteiger partial charge in [-0.25, -0.2) is 9.97 Å². The monoisotopic (exact) mass is 443 g/mol. The smallest absolute Gasteiger partial charge is 0.350 e. The Kier molecular flexibility index (Phi) is 6.27. The molecule has 0 radical (unpaired) electrons. The number of carbonyl (C=O) groups excluding carboxylic acids is 1. The highest BCUT2D eigenvalue weighted by molar-refractivity contribution is 5.91. The molecule has 1 saturated heterocycles. The maximum atomic E-state index is 13.3. The minimum atomic E-state index is -4.67. The van der Waals surface area contributed by atoms with Crippen LogP contribution in [0.25, 0.3) is 10.9 Å². The third-order valence-corrected chi connectivity index (χ3v) is 5.54. The summed E-state index contributed by atoms with van der Waals surface area (Å²) >= 11 is 0. The summed E-state index contributed by atoms with van der Waals surface area (Å²) in [5, 5.41) is 0.475. The van der Waals surface area contributed by atoms with Crippen molar-refractivity contribution in [3.8, 4) is 0 Å². The SMILES string of the molecule is CN(CC(=O)N1CCN(Cc2ccccc2)CC1)c1nc(C(F)(F)F)nc2ccccc12. The highest BCUT2D eigenvalue weighted by atomic mass is 19.4. The predicted molar refractivity (Wildman–Crippen MR) is 116 cm³/mol. The van der Waals surface area contributed by atoms with E-state index in [1.54, 1.807) is 30.1 Å². The molecule has 0 spiro atoms. The molecule has 0 atom stereocenters. The van der Waals surface area contributed by atoms with E-state index in [9.17, 15) is 18.0 Å². The molecule has 0 bridgehead atoms. The lowest BCUT2D eigenvalue weighted by atomic mass is 10.2. The number of carbonyl (C=O) groups is 1. The van der Waals surface area contributed by atoms with Crippen molar-refractivity contribution in [2.45, 2.75) is 12.7 Å². The van der Waals surface area contributed by atoms with Crippen LogP contribution in [0.15, 0.2) is 54.6 Å². The molecule has 4 rings (SSSR count). The predicted octanol–water partition coefficient (Wildman–Crippen LogP) is 3.43. The van der Waals surface area contributed by atoms with E-state index in [-0.39, 0.29) is 23.8 Å². The molecule has 32 heavy (non-hydrogen) atoms. The summed E-state index contributed by atoms with van der Waals surface area (Å²) in [6.07, 6.45) is -4.67. The number of anilines is 1. The molecule has 3 aromatic rings. The molecule has 1 fully saturated rings. The van der Waals surface area contributed by atoms with Crippen LogP contribution in [-0.4, -0.2) is 65.4 Å². The summed E-state index contributed by atoms with van der Waals surface area (Å²) in [5.74, 6) is -1.25. The molecule has 0 unspecified atom stereocenters. The number of alkyl halides is 3. The van der Waals surface area contributed by atoms with Gasteiger partial charge in [0.05, 0.1) is 12.1 Å². The maximum Gasteiger partial charge on any atom is 0.451 e. The van der Waals surface area contributed by atoms with Gasteiger partial charge in [-0.2, -0.15) is 13.2 Å². The first-order valence-corrected chi connectivity index (χ1v) is 10.4. The van der Waals surface area contributed by atoms with E-state index in [0.717, 1.165) is 19.6 Å². The minimum absolute atomic E-state index is 0.0585. The molecule has 9 heteroatoms. The molecular weight excluding hydrogens is 419 g/mol. The van der Waals surface area contributed by atoms with Crippen molar-refractivity contribution in [1.82, 2.24) is 19.8 Å². The van der Waals surface area contributed by atoms with Gasteiger partial charge in [0.2, 0.25) is 11.7 Å². The van der Waals surface area contributed by atoms with Gasteiger partial charge in [0.25, 0.3) is 0 Å². The number of benzene rings is 2. The quantitative estimate of drug-likeness (QED) is 0.605. The Morgan fingerprint density at radius 2 is 1.62 bits per heavy atom. The van der Waals surface area contributed by atoms with Crippen molar-refractivity contribution in [3.63, 3.8) is 0 Å². The highest BCUT2D eigenvalue weighted by Gasteiger charge is 2.36. The van der Waals surface area contributed by atoms with Crippen LogP contribution in [0.2, 0.25) is 0 Å². The van der Waals surface area contributed by atoms with E-state index < -0.39 is 12.0 Å². The van der Waals surface area contributed by atoms with Gasteiger partial charge in [0.15, 0.2) is 0 Å². The molecule has 0 aliphatic carbocycles. The number of piperazine rings is 1. The van der Waals surface area contributed by atoms with E-state index in [4.69, 9.17) is 0 Å². The number of hydrogen-bond acceptors (Lipinski definition) is 5. The number of hydrogen-bond donors (Lipinski definition) is 0. The average Bonchev–Trinajstić information content (AvgIpc) is 2.78. The van der Waals surface area contributed by atoms with Crippen molar-refractivity contribution in [1.29, 1.82) is 0 Å². The number of amides is 1. The maximum absolute atomic E-state index is 13.3. The molecule has 0 N–H and O–H groups in total. The van der Waals surface area contributed by atoms with Crippen LogP contribution in [0, 0.1) is 0 Å². The lowest BCUT2D eigenvalue weighted by Gasteiger charge is -2.35. The topological polar surface area (TPSA) is 52.6 Å². The zero-order valence-electron chi connectivity index (χ0n) is 17.7. The van der Waals surface area contributed by atoms with Crippen LogP contribution in [0.3, 0.4) is 0 Å². The first-order chi connectivity index (χ1) is 15.3. The van der Waals surface area contributed by atoms with Crippen molar-refractivity contribution in [2.24, 2.45) is 0 Å². The van der Waals surface area contributed by atoms with E-state index in [2.05, 4.69) is 27.0 Å². The molecule has 2 heterocycles. The molecule has 6 nitrogen and oxygen atoms in total. The van der Waals surface area contributed by atoms with Crippen molar-refractivity contribution < 1.29 is 18.0 Å². The third kappa shape index (κ3) is 4.99. The summed E-state index contributed by atoms with van der Waals surface area (Å²) < 4.78 is 39.8. The molecular formula is C23H24F3N5O. The summed E-state index contributed by atoms with van der Waals surface area (Å²) in [6, 6.07) is 16.7. The molecule has 0 saturated carbocycles. The van der Waals surface area contributed by atoms with Gasteiger partial charge in [0.1, 0.15) is 5.82 Å². The van der Waals surface area contributed by atoms with Crippen LogP contribution >= 0.6 is 0 Å². The first kappa shape index (κ1) is 22.0. The molecule has 1 amide bonds. The zero-order chi connectivity index (χ0) is 22.7. The van der Waals surface area contributed by atoms with Crippen LogP contribution in [0.1, 0.15) is 11.4 Å². The van der Waals surface area contributed by atoms with Crippen molar-refractivity contribution in [2.75, 3.05) is 44.7 Å². The number of aromatic nitrogens is 2. The van der Waals surface area contributed by atoms with Gasteiger partial charge in [-0.3, -0.25) is 9.69 Å². The number of nitrogens with zero attached hydrogens (tertiary/aromatic N) is 5. The Bertz CT molecular complexity index is 1080. The van der Waals surface area contributed by atoms with Gasteiger partial charge >= 0.3 is 6.18 Å². The molecule has 1 aliphatic rings. The summed E-state index contributed by atoms with van der Waals surface area (Å²) in [4.78, 5) is 25.8. The Hall–Kier alpha value is -3.20. The third-order valence-electron chi connectivity index (χ3n) is 5.54. The summed E-state index contributed by atoms with van der Waals surface area (Å²) in [5.41, 5.74) is 1.42. The van der Waals surface area contributed by atoms with Crippen LogP contribution < -0.4 is 4.90 Å². The second-order valence-electron chi connectivity index (χ2n) is 7.88. The normalized spacial score (nSPS) is 15.2. The Morgan fingerprint density at radius 3 is 2.31 bits per heavy atom. The fraction of sp³-hybridized carbons (Fsp3) is 0.348. The summed E-state index contributed by atoms with van der Waals surface area (Å²) in [7, 11) is 1.58. The summed E-state index contributed by atoms with van der Waals surface area (Å²) in [6.45, 7) is 3.43. The van der Waals surface area contributed by atoms with E-state index in [0.29, 0.717) is 18.5 Å². The fourth-order valence-electron chi connectivity index (χ4n) is 3.85. The standard InChI is InChI=1S/C23H24F3N5O/c1-29(21-18-9-5-6-10-19(18)27-22(28-21)23(24,25)26)16-20(32)31-13-11-30(12-14-31)15-17-7-3-2-4-8-17/h2-10H,11-16H2,1H3. The van der Waals surface area contributed by atoms with Gasteiger partial charge in [0, 0.05) is 45.2 Å². The molecule has 1 aliphatic heterocycles. The lowest BCUT2D eigenvalue weighted by Crippen LogP contribution is -2.50. The van der Waals surface area contributed by atoms with Crippen molar-refractivity contribution >= 4 is 22.6 Å². The molecule has 2 aromatic carbocycles. The number of rotatable bonds is 5. The van der Waals surface area contributed by atoms with Crippen LogP contribution in [-0.2, 0) is 17.5 Å². The Balaban J connectivity index is 1.42. The van der Waals surface area contributed by atoms with Gasteiger partial charge < -0.3 is 9.80 Å². The van der Waals surface area contributed by atoms with Crippen LogP contribution in [0.5, 0.6) is 0 Å². The largest absolute Gasteiger partial charge is 0.451 e. The van der Waals surface area contributed by atoms with E-state index in [1.807, 2.05) is 18.2 Å². The highest BCUT2D eigenvalue weighted by Crippen LogP contribution is 2.31. The lowest BCUT2D eigenvalue weighted by molar-refractivity contribution is -0.144. The fourth-order valence-corrected chi connectivity index (χ4v) is 3.85. The number of likely N-dealkylation sites (N-methyl/N-ethyl adjacent to an activating group) is 1. The van der Waals surface area contributed by atoms with Crippen LogP contribution in [0.4, 0.5) is 19.0 Å². The van der Waals surface area contributed by atoms with Gasteiger partial charge in [-0.1, -0.05) is 42.5 Å². The first-order valence-electron chi connectivity index (χ1n) is 10.4. The zero-order valence-corrected chi connectivity index (χ0v) is 17.7. The Morgan fingerprint density at radius 1 is 0.969 bits per heavy atom. The average molecular weight is 443 g/mol. The van der Waals surface area contributed by atoms with E-state index >= 15 is 0 Å². The van der Waals surface area contributed by atoms with Crippen molar-refractivity contribution in [3.05, 3.63) is 66.0 Å². The number of halogens is 3. The second-order valence-corrected chi connectivity index (χ2v) is 7.88. The number of para-hydroxylation sites is 1. The molecule has 1 aromatic heterocycles. The second kappa shape index (κ2) is 9.12. The minimum Gasteiger partial charge on any atom is -0.350 e. The molecule has 168 valence electrons. The Labute approximate surface area is 184 Å². The van der Waals surface area contributed by atoms with Gasteiger partial charge in [-0.05, 0) is 17.7 Å². The number of fused-ring (bicyclic) bond motifs is 1. The van der Waals surface area contributed by atoms with Gasteiger partial charge in [-0.15, -0.1) is 0 Å². The van der Waals surface area contributed by atoms with E-state index in [1.165, 1.54) is 16.5 Å².